The van der Waals surface area contributed by atoms with Crippen molar-refractivity contribution in [3.8, 4) is 0 Å². The molecule has 0 unspecified atom stereocenters. The summed E-state index contributed by atoms with van der Waals surface area (Å²) in [6, 6.07) is 9.55. The van der Waals surface area contributed by atoms with Crippen molar-refractivity contribution in [3.05, 3.63) is 29.8 Å². The van der Waals surface area contributed by atoms with Crippen LogP contribution in [0.4, 0.5) is 5.69 Å². The molecule has 0 aromatic heterocycles. The molecule has 4 heteroatoms. The number of nitrogens with zero attached hydrogens (tertiary/aromatic N) is 2. The Morgan fingerprint density at radius 3 is 2.58 bits per heavy atom. The summed E-state index contributed by atoms with van der Waals surface area (Å²) in [5, 5.41) is 3.78. The lowest BCUT2D eigenvalue weighted by Crippen LogP contribution is -2.44. The van der Waals surface area contributed by atoms with Gasteiger partial charge in [0.1, 0.15) is 0 Å². The molecule has 1 N–H and O–H groups in total. The predicted molar refractivity (Wildman–Crippen MR) is 100 cm³/mol. The number of hydrogen-bond acceptors (Lipinski definition) is 4. The molecule has 24 heavy (non-hydrogen) atoms. The first kappa shape index (κ1) is 17.7. The van der Waals surface area contributed by atoms with Crippen LogP contribution in [0.15, 0.2) is 24.3 Å². The van der Waals surface area contributed by atoms with Crippen molar-refractivity contribution in [3.63, 3.8) is 0 Å². The average Bonchev–Trinajstić information content (AvgIpc) is 2.49. The number of anilines is 1. The van der Waals surface area contributed by atoms with Crippen molar-refractivity contribution >= 4 is 5.69 Å². The highest BCUT2D eigenvalue weighted by molar-refractivity contribution is 5.46. The summed E-state index contributed by atoms with van der Waals surface area (Å²) in [5.41, 5.74) is 2.66. The van der Waals surface area contributed by atoms with E-state index in [4.69, 9.17) is 4.74 Å². The van der Waals surface area contributed by atoms with E-state index in [1.807, 2.05) is 0 Å². The maximum Gasteiger partial charge on any atom is 0.0678 e. The van der Waals surface area contributed by atoms with Gasteiger partial charge in [-0.1, -0.05) is 19.1 Å². The Kier molecular flexibility index (Phi) is 5.80. The number of nitrogens with one attached hydrogen (secondary N) is 1. The van der Waals surface area contributed by atoms with Crippen LogP contribution in [0.25, 0.3) is 0 Å². The average molecular weight is 332 g/mol. The number of hydrogen-bond donors (Lipinski definition) is 1. The minimum Gasteiger partial charge on any atom is -0.382 e. The maximum absolute atomic E-state index is 5.84. The highest BCUT2D eigenvalue weighted by atomic mass is 16.5. The minimum absolute atomic E-state index is 0.329. The Hall–Kier alpha value is -1.10. The Labute approximate surface area is 147 Å². The summed E-state index contributed by atoms with van der Waals surface area (Å²) in [4.78, 5) is 4.94. The van der Waals surface area contributed by atoms with Gasteiger partial charge in [-0.15, -0.1) is 0 Å². The summed E-state index contributed by atoms with van der Waals surface area (Å²) in [7, 11) is 2.22. The molecule has 134 valence electrons. The Bertz CT molecular complexity index is 525. The molecular weight excluding hydrogens is 298 g/mol. The lowest BCUT2D eigenvalue weighted by Gasteiger charge is -2.36. The van der Waals surface area contributed by atoms with Gasteiger partial charge in [0.05, 0.1) is 12.2 Å². The van der Waals surface area contributed by atoms with E-state index >= 15 is 0 Å². The van der Waals surface area contributed by atoms with Crippen molar-refractivity contribution in [2.45, 2.75) is 52.0 Å². The van der Waals surface area contributed by atoms with E-state index in [9.17, 15) is 0 Å². The molecule has 0 aliphatic carbocycles. The SMILES string of the molecule is C[C@@H]1CN(Cc2cccc(N[C@@H]3CCN(C)C[C@H]3C)c2)C[C@@H](C)O1. The zero-order chi connectivity index (χ0) is 17.1. The number of piperidine rings is 1. The van der Waals surface area contributed by atoms with Gasteiger partial charge in [-0.25, -0.2) is 0 Å². The molecule has 2 fully saturated rings. The third-order valence-electron chi connectivity index (χ3n) is 5.29. The molecule has 2 heterocycles. The summed E-state index contributed by atoms with van der Waals surface area (Å²) < 4.78 is 5.84. The zero-order valence-corrected chi connectivity index (χ0v) is 15.7. The van der Waals surface area contributed by atoms with Gasteiger partial charge in [0.25, 0.3) is 0 Å². The van der Waals surface area contributed by atoms with Crippen molar-refractivity contribution in [2.75, 3.05) is 38.5 Å². The van der Waals surface area contributed by atoms with Gasteiger partial charge in [0.2, 0.25) is 0 Å². The molecule has 0 spiro atoms. The van der Waals surface area contributed by atoms with E-state index in [0.29, 0.717) is 24.2 Å². The third kappa shape index (κ3) is 4.71. The molecule has 2 saturated heterocycles. The van der Waals surface area contributed by atoms with Crippen LogP contribution < -0.4 is 5.32 Å². The number of benzene rings is 1. The molecule has 2 aliphatic rings. The minimum atomic E-state index is 0.329. The van der Waals surface area contributed by atoms with Crippen LogP contribution >= 0.6 is 0 Å². The predicted octanol–water partition coefficient (Wildman–Crippen LogP) is 3.05. The van der Waals surface area contributed by atoms with E-state index in [2.05, 4.69) is 67.2 Å². The van der Waals surface area contributed by atoms with Gasteiger partial charge in [-0.3, -0.25) is 4.90 Å². The molecule has 0 radical (unpaired) electrons. The second-order valence-electron chi connectivity index (χ2n) is 7.93. The smallest absolute Gasteiger partial charge is 0.0678 e. The standard InChI is InChI=1S/C20H33N3O/c1-15-11-22(4)9-8-20(15)21-19-7-5-6-18(10-19)14-23-12-16(2)24-17(3)13-23/h5-7,10,15-17,20-21H,8-9,11-14H2,1-4H3/t15-,16-,17-,20-/m1/s1. The first-order valence-corrected chi connectivity index (χ1v) is 9.41. The Balaban J connectivity index is 1.60. The molecule has 4 nitrogen and oxygen atoms in total. The summed E-state index contributed by atoms with van der Waals surface area (Å²) >= 11 is 0. The Morgan fingerprint density at radius 1 is 1.12 bits per heavy atom. The fraction of sp³-hybridized carbons (Fsp3) is 0.700. The molecule has 3 rings (SSSR count). The molecule has 0 saturated carbocycles. The van der Waals surface area contributed by atoms with Crippen LogP contribution in [0.3, 0.4) is 0 Å². The van der Waals surface area contributed by atoms with E-state index in [-0.39, 0.29) is 0 Å². The summed E-state index contributed by atoms with van der Waals surface area (Å²) in [6.45, 7) is 12.1. The van der Waals surface area contributed by atoms with E-state index < -0.39 is 0 Å². The summed E-state index contributed by atoms with van der Waals surface area (Å²) in [6.07, 6.45) is 1.88. The van der Waals surface area contributed by atoms with Gasteiger partial charge in [-0.05, 0) is 57.5 Å². The van der Waals surface area contributed by atoms with Crippen molar-refractivity contribution in [2.24, 2.45) is 5.92 Å². The van der Waals surface area contributed by atoms with Gasteiger partial charge in [0, 0.05) is 37.9 Å². The van der Waals surface area contributed by atoms with E-state index in [1.165, 1.54) is 30.8 Å². The topological polar surface area (TPSA) is 27.7 Å². The van der Waals surface area contributed by atoms with Gasteiger partial charge in [-0.2, -0.15) is 0 Å². The van der Waals surface area contributed by atoms with Crippen LogP contribution in [0.1, 0.15) is 32.8 Å². The molecule has 0 bridgehead atoms. The highest BCUT2D eigenvalue weighted by Gasteiger charge is 2.24. The lowest BCUT2D eigenvalue weighted by molar-refractivity contribution is -0.0704. The molecule has 2 aliphatic heterocycles. The lowest BCUT2D eigenvalue weighted by atomic mass is 9.94. The molecule has 4 atom stereocenters. The molecular formula is C20H33N3O. The third-order valence-corrected chi connectivity index (χ3v) is 5.29. The quantitative estimate of drug-likeness (QED) is 0.918. The zero-order valence-electron chi connectivity index (χ0n) is 15.7. The van der Waals surface area contributed by atoms with Gasteiger partial charge >= 0.3 is 0 Å². The molecule has 0 amide bonds. The van der Waals surface area contributed by atoms with Crippen molar-refractivity contribution in [1.82, 2.24) is 9.80 Å². The fourth-order valence-electron chi connectivity index (χ4n) is 4.21. The van der Waals surface area contributed by atoms with Crippen LogP contribution in [-0.2, 0) is 11.3 Å². The molecule has 1 aromatic rings. The first-order chi connectivity index (χ1) is 11.5. The van der Waals surface area contributed by atoms with Crippen molar-refractivity contribution < 1.29 is 4.74 Å². The maximum atomic E-state index is 5.84. The van der Waals surface area contributed by atoms with E-state index in [0.717, 1.165) is 19.6 Å². The van der Waals surface area contributed by atoms with Gasteiger partial charge < -0.3 is 15.0 Å². The largest absolute Gasteiger partial charge is 0.382 e. The summed E-state index contributed by atoms with van der Waals surface area (Å²) in [5.74, 6) is 0.688. The first-order valence-electron chi connectivity index (χ1n) is 9.41. The number of ether oxygens (including phenoxy) is 1. The normalized spacial score (nSPS) is 32.7. The number of morpholine rings is 1. The second kappa shape index (κ2) is 7.85. The highest BCUT2D eigenvalue weighted by Crippen LogP contribution is 2.22. The fourth-order valence-corrected chi connectivity index (χ4v) is 4.21. The Morgan fingerprint density at radius 2 is 1.88 bits per heavy atom. The number of likely N-dealkylation sites (tertiary alicyclic amines) is 1. The van der Waals surface area contributed by atoms with Gasteiger partial charge in [0.15, 0.2) is 0 Å². The second-order valence-corrected chi connectivity index (χ2v) is 7.93. The molecule has 1 aromatic carbocycles. The van der Waals surface area contributed by atoms with Crippen molar-refractivity contribution in [1.29, 1.82) is 0 Å². The van der Waals surface area contributed by atoms with Crippen LogP contribution in [-0.4, -0.2) is 61.3 Å². The van der Waals surface area contributed by atoms with Crippen LogP contribution in [0.2, 0.25) is 0 Å². The van der Waals surface area contributed by atoms with Crippen LogP contribution in [0, 0.1) is 5.92 Å². The number of rotatable bonds is 4. The van der Waals surface area contributed by atoms with E-state index in [1.54, 1.807) is 0 Å². The van der Waals surface area contributed by atoms with Crippen LogP contribution in [0.5, 0.6) is 0 Å². The monoisotopic (exact) mass is 331 g/mol.